The van der Waals surface area contributed by atoms with Crippen LogP contribution < -0.4 is 0 Å². The Morgan fingerprint density at radius 2 is 1.85 bits per heavy atom. The molecule has 7 heteroatoms. The van der Waals surface area contributed by atoms with Crippen molar-refractivity contribution in [2.45, 2.75) is 51.9 Å². The summed E-state index contributed by atoms with van der Waals surface area (Å²) in [4.78, 5) is 36.0. The highest BCUT2D eigenvalue weighted by Gasteiger charge is 2.38. The number of hydrogen-bond acceptors (Lipinski definition) is 6. The van der Waals surface area contributed by atoms with Crippen LogP contribution in [0.4, 0.5) is 4.79 Å². The molecule has 0 radical (unpaired) electrons. The highest BCUT2D eigenvalue weighted by molar-refractivity contribution is 5.81. The summed E-state index contributed by atoms with van der Waals surface area (Å²) in [5, 5.41) is 0. The van der Waals surface area contributed by atoms with Crippen LogP contribution in [-0.2, 0) is 23.8 Å². The molecule has 2 atom stereocenters. The number of rotatable bonds is 3. The van der Waals surface area contributed by atoms with Crippen LogP contribution in [0.2, 0.25) is 0 Å². The van der Waals surface area contributed by atoms with Crippen LogP contribution in [0, 0.1) is 0 Å². The van der Waals surface area contributed by atoms with Crippen LogP contribution in [0.15, 0.2) is 0 Å². The third-order valence-corrected chi connectivity index (χ3v) is 2.90. The highest BCUT2D eigenvalue weighted by Crippen LogP contribution is 2.22. The number of esters is 2. The quantitative estimate of drug-likeness (QED) is 0.571. The van der Waals surface area contributed by atoms with E-state index in [0.717, 1.165) is 0 Å². The summed E-state index contributed by atoms with van der Waals surface area (Å²) in [5.41, 5.74) is 0. The van der Waals surface area contributed by atoms with Gasteiger partial charge in [0, 0.05) is 6.92 Å². The van der Waals surface area contributed by atoms with E-state index in [0.29, 0.717) is 12.8 Å². The summed E-state index contributed by atoms with van der Waals surface area (Å²) < 4.78 is 14.9. The summed E-state index contributed by atoms with van der Waals surface area (Å²) in [5.74, 6) is -0.880. The van der Waals surface area contributed by atoms with Crippen molar-refractivity contribution in [3.8, 4) is 0 Å². The van der Waals surface area contributed by atoms with Crippen molar-refractivity contribution in [3.05, 3.63) is 0 Å². The van der Waals surface area contributed by atoms with E-state index in [2.05, 4.69) is 4.74 Å². The zero-order chi connectivity index (χ0) is 15.3. The standard InChI is InChI=1S/C13H21NO6/c1-8(2)19-12(16)11-6-5-10(20-9(3)15)7-14(11)13(17)18-4/h8,10-11H,5-7H2,1-4H3/t10-,11+/m1/s1. The van der Waals surface area contributed by atoms with Gasteiger partial charge in [0.05, 0.1) is 19.8 Å². The Morgan fingerprint density at radius 3 is 2.35 bits per heavy atom. The highest BCUT2D eigenvalue weighted by atomic mass is 16.6. The molecule has 1 saturated heterocycles. The van der Waals surface area contributed by atoms with Gasteiger partial charge in [0.1, 0.15) is 12.1 Å². The minimum absolute atomic E-state index is 0.129. The molecule has 0 spiro atoms. The normalized spacial score (nSPS) is 22.4. The maximum absolute atomic E-state index is 12.0. The van der Waals surface area contributed by atoms with Crippen molar-refractivity contribution in [2.24, 2.45) is 0 Å². The second-order valence-corrected chi connectivity index (χ2v) is 4.93. The number of piperidine rings is 1. The Morgan fingerprint density at radius 1 is 1.20 bits per heavy atom. The molecule has 0 unspecified atom stereocenters. The van der Waals surface area contributed by atoms with E-state index in [1.165, 1.54) is 18.9 Å². The molecule has 1 heterocycles. The maximum atomic E-state index is 12.0. The average Bonchev–Trinajstić information content (AvgIpc) is 2.36. The molecule has 0 N–H and O–H groups in total. The molecule has 1 rings (SSSR count). The zero-order valence-corrected chi connectivity index (χ0v) is 12.3. The van der Waals surface area contributed by atoms with Crippen LogP contribution >= 0.6 is 0 Å². The lowest BCUT2D eigenvalue weighted by molar-refractivity contribution is -0.158. The van der Waals surface area contributed by atoms with Crippen molar-refractivity contribution < 1.29 is 28.6 Å². The molecule has 1 fully saturated rings. The number of carbonyl (C=O) groups is 3. The molecule has 0 aromatic carbocycles. The molecule has 0 aliphatic carbocycles. The molecule has 0 aromatic rings. The lowest BCUT2D eigenvalue weighted by atomic mass is 10.0. The molecular weight excluding hydrogens is 266 g/mol. The summed E-state index contributed by atoms with van der Waals surface area (Å²) >= 11 is 0. The van der Waals surface area contributed by atoms with E-state index in [1.807, 2.05) is 0 Å². The minimum atomic E-state index is -0.698. The van der Waals surface area contributed by atoms with Crippen LogP contribution in [0.3, 0.4) is 0 Å². The lowest BCUT2D eigenvalue weighted by Crippen LogP contribution is -2.53. The predicted molar refractivity (Wildman–Crippen MR) is 68.9 cm³/mol. The van der Waals surface area contributed by atoms with Crippen LogP contribution in [0.25, 0.3) is 0 Å². The average molecular weight is 287 g/mol. The molecule has 114 valence electrons. The van der Waals surface area contributed by atoms with Crippen LogP contribution in [0.1, 0.15) is 33.6 Å². The number of methoxy groups -OCH3 is 1. The Labute approximate surface area is 118 Å². The Bertz CT molecular complexity index is 381. The summed E-state index contributed by atoms with van der Waals surface area (Å²) in [6.07, 6.45) is -0.431. The first kappa shape index (κ1) is 16.3. The topological polar surface area (TPSA) is 82.1 Å². The Balaban J connectivity index is 2.77. The fourth-order valence-electron chi connectivity index (χ4n) is 2.14. The second-order valence-electron chi connectivity index (χ2n) is 4.93. The van der Waals surface area contributed by atoms with E-state index < -0.39 is 30.2 Å². The smallest absolute Gasteiger partial charge is 0.410 e. The van der Waals surface area contributed by atoms with Crippen molar-refractivity contribution >= 4 is 18.0 Å². The molecule has 1 amide bonds. The van der Waals surface area contributed by atoms with Gasteiger partial charge in [-0.2, -0.15) is 0 Å². The number of ether oxygens (including phenoxy) is 3. The van der Waals surface area contributed by atoms with Gasteiger partial charge < -0.3 is 14.2 Å². The molecule has 0 saturated carbocycles. The Hall–Kier alpha value is -1.79. The lowest BCUT2D eigenvalue weighted by Gasteiger charge is -2.36. The largest absolute Gasteiger partial charge is 0.461 e. The maximum Gasteiger partial charge on any atom is 0.410 e. The molecule has 0 aromatic heterocycles. The van der Waals surface area contributed by atoms with Crippen molar-refractivity contribution in [1.82, 2.24) is 4.90 Å². The van der Waals surface area contributed by atoms with Gasteiger partial charge in [-0.05, 0) is 26.7 Å². The molecule has 20 heavy (non-hydrogen) atoms. The van der Waals surface area contributed by atoms with Crippen LogP contribution in [0.5, 0.6) is 0 Å². The van der Waals surface area contributed by atoms with Gasteiger partial charge in [0.2, 0.25) is 0 Å². The molecular formula is C13H21NO6. The SMILES string of the molecule is COC(=O)N1C[C@H](OC(C)=O)CC[C@H]1C(=O)OC(C)C. The van der Waals surface area contributed by atoms with Gasteiger partial charge >= 0.3 is 18.0 Å². The van der Waals surface area contributed by atoms with Crippen molar-refractivity contribution in [2.75, 3.05) is 13.7 Å². The fraction of sp³-hybridized carbons (Fsp3) is 0.769. The van der Waals surface area contributed by atoms with Crippen LogP contribution in [-0.4, -0.2) is 54.8 Å². The fourth-order valence-corrected chi connectivity index (χ4v) is 2.14. The summed E-state index contributed by atoms with van der Waals surface area (Å²) in [6, 6.07) is -0.698. The van der Waals surface area contributed by atoms with E-state index in [-0.39, 0.29) is 12.6 Å². The third kappa shape index (κ3) is 4.40. The third-order valence-electron chi connectivity index (χ3n) is 2.90. The van der Waals surface area contributed by atoms with Gasteiger partial charge in [-0.15, -0.1) is 0 Å². The number of nitrogens with zero attached hydrogens (tertiary/aromatic N) is 1. The molecule has 7 nitrogen and oxygen atoms in total. The predicted octanol–water partition coefficient (Wildman–Crippen LogP) is 1.10. The number of hydrogen-bond donors (Lipinski definition) is 0. The monoisotopic (exact) mass is 287 g/mol. The number of amides is 1. The molecule has 1 aliphatic rings. The zero-order valence-electron chi connectivity index (χ0n) is 12.3. The van der Waals surface area contributed by atoms with E-state index in [1.54, 1.807) is 13.8 Å². The van der Waals surface area contributed by atoms with Gasteiger partial charge in [-0.25, -0.2) is 9.59 Å². The molecule has 0 bridgehead atoms. The summed E-state index contributed by atoms with van der Waals surface area (Å²) in [7, 11) is 1.24. The summed E-state index contributed by atoms with van der Waals surface area (Å²) in [6.45, 7) is 4.92. The van der Waals surface area contributed by atoms with Crippen molar-refractivity contribution in [3.63, 3.8) is 0 Å². The molecule has 1 aliphatic heterocycles. The van der Waals surface area contributed by atoms with Gasteiger partial charge in [-0.1, -0.05) is 0 Å². The van der Waals surface area contributed by atoms with E-state index in [4.69, 9.17) is 9.47 Å². The van der Waals surface area contributed by atoms with Crippen molar-refractivity contribution in [1.29, 1.82) is 0 Å². The van der Waals surface area contributed by atoms with E-state index in [9.17, 15) is 14.4 Å². The number of likely N-dealkylation sites (tertiary alicyclic amines) is 1. The van der Waals surface area contributed by atoms with Gasteiger partial charge in [-0.3, -0.25) is 9.69 Å². The minimum Gasteiger partial charge on any atom is -0.461 e. The number of carbonyl (C=O) groups excluding carboxylic acids is 3. The van der Waals surface area contributed by atoms with Gasteiger partial charge in [0.15, 0.2) is 0 Å². The second kappa shape index (κ2) is 7.12. The van der Waals surface area contributed by atoms with Gasteiger partial charge in [0.25, 0.3) is 0 Å². The Kier molecular flexibility index (Phi) is 5.79. The van der Waals surface area contributed by atoms with E-state index >= 15 is 0 Å². The first-order chi connectivity index (χ1) is 9.35. The first-order valence-electron chi connectivity index (χ1n) is 6.57. The first-order valence-corrected chi connectivity index (χ1v) is 6.57.